The molecular weight excluding hydrogens is 136 g/mol. The van der Waals surface area contributed by atoms with Crippen LogP contribution in [0.2, 0.25) is 0 Å². The fourth-order valence-corrected chi connectivity index (χ4v) is 0.522. The highest BCUT2D eigenvalue weighted by Gasteiger charge is 1.90. The maximum Gasteiger partial charge on any atom is 0.328 e. The molecule has 0 radical (unpaired) electrons. The SMILES string of the molecule is Cc1cnc(OS)nc1. The van der Waals surface area contributed by atoms with Crippen LogP contribution in [0, 0.1) is 6.92 Å². The van der Waals surface area contributed by atoms with Crippen molar-refractivity contribution in [1.82, 2.24) is 9.97 Å². The molecular formula is C5H6N2OS. The molecule has 0 atom stereocenters. The topological polar surface area (TPSA) is 35.0 Å². The molecule has 9 heavy (non-hydrogen) atoms. The Morgan fingerprint density at radius 2 is 2.00 bits per heavy atom. The first kappa shape index (κ1) is 6.35. The minimum absolute atomic E-state index is 0.281. The van der Waals surface area contributed by atoms with Gasteiger partial charge in [0.2, 0.25) is 0 Å². The Balaban J connectivity index is 2.88. The Bertz CT molecular complexity index is 187. The fraction of sp³-hybridized carbons (Fsp3) is 0.200. The van der Waals surface area contributed by atoms with Gasteiger partial charge in [0.15, 0.2) is 0 Å². The van der Waals surface area contributed by atoms with Crippen LogP contribution in [0.3, 0.4) is 0 Å². The average molecular weight is 142 g/mol. The van der Waals surface area contributed by atoms with Crippen LogP contribution in [0.4, 0.5) is 0 Å². The molecule has 0 aromatic carbocycles. The highest BCUT2D eigenvalue weighted by Crippen LogP contribution is 2.01. The van der Waals surface area contributed by atoms with Crippen LogP contribution in [0.15, 0.2) is 12.4 Å². The number of rotatable bonds is 1. The molecule has 0 fully saturated rings. The van der Waals surface area contributed by atoms with Crippen molar-refractivity contribution in [3.63, 3.8) is 0 Å². The third-order valence-corrected chi connectivity index (χ3v) is 1.00. The zero-order valence-corrected chi connectivity index (χ0v) is 5.80. The van der Waals surface area contributed by atoms with E-state index < -0.39 is 0 Å². The van der Waals surface area contributed by atoms with Crippen molar-refractivity contribution in [2.45, 2.75) is 6.92 Å². The molecule has 0 bridgehead atoms. The van der Waals surface area contributed by atoms with E-state index in [1.165, 1.54) is 0 Å². The molecule has 0 spiro atoms. The van der Waals surface area contributed by atoms with Gasteiger partial charge < -0.3 is 4.18 Å². The molecule has 3 nitrogen and oxygen atoms in total. The maximum atomic E-state index is 4.44. The van der Waals surface area contributed by atoms with E-state index in [0.717, 1.165) is 5.56 Å². The molecule has 0 amide bonds. The summed E-state index contributed by atoms with van der Waals surface area (Å²) in [6, 6.07) is 0.281. The molecule has 0 aliphatic rings. The maximum absolute atomic E-state index is 4.44. The first-order valence-corrected chi connectivity index (χ1v) is 2.79. The van der Waals surface area contributed by atoms with Crippen LogP contribution in [0.5, 0.6) is 6.01 Å². The fourth-order valence-electron chi connectivity index (χ4n) is 0.428. The van der Waals surface area contributed by atoms with Gasteiger partial charge in [-0.1, -0.05) is 0 Å². The van der Waals surface area contributed by atoms with Crippen molar-refractivity contribution >= 4 is 12.9 Å². The number of thiol groups is 1. The summed E-state index contributed by atoms with van der Waals surface area (Å²) in [4.78, 5) is 7.57. The summed E-state index contributed by atoms with van der Waals surface area (Å²) < 4.78 is 4.44. The van der Waals surface area contributed by atoms with Crippen molar-refractivity contribution in [2.24, 2.45) is 0 Å². The average Bonchev–Trinajstić information content (AvgIpc) is 1.90. The summed E-state index contributed by atoms with van der Waals surface area (Å²) in [5.74, 6) is 0. The predicted molar refractivity (Wildman–Crippen MR) is 36.4 cm³/mol. The molecule has 1 rings (SSSR count). The summed E-state index contributed by atoms with van der Waals surface area (Å²) in [5.41, 5.74) is 1.00. The minimum Gasteiger partial charge on any atom is -0.392 e. The van der Waals surface area contributed by atoms with E-state index in [1.54, 1.807) is 12.4 Å². The molecule has 0 N–H and O–H groups in total. The smallest absolute Gasteiger partial charge is 0.328 e. The molecule has 1 heterocycles. The highest BCUT2D eigenvalue weighted by atomic mass is 32.1. The van der Waals surface area contributed by atoms with Gasteiger partial charge in [-0.2, -0.15) is 0 Å². The lowest BCUT2D eigenvalue weighted by atomic mass is 10.4. The monoisotopic (exact) mass is 142 g/mol. The highest BCUT2D eigenvalue weighted by molar-refractivity contribution is 7.75. The summed E-state index contributed by atoms with van der Waals surface area (Å²) in [7, 11) is 0. The van der Waals surface area contributed by atoms with Gasteiger partial charge >= 0.3 is 6.01 Å². The Kier molecular flexibility index (Phi) is 1.89. The van der Waals surface area contributed by atoms with E-state index in [0.29, 0.717) is 0 Å². The first-order chi connectivity index (χ1) is 4.33. The number of aryl methyl sites for hydroxylation is 1. The van der Waals surface area contributed by atoms with E-state index in [4.69, 9.17) is 0 Å². The number of hydrogen-bond donors (Lipinski definition) is 1. The number of nitrogens with zero attached hydrogens (tertiary/aromatic N) is 2. The molecule has 0 aliphatic carbocycles. The summed E-state index contributed by atoms with van der Waals surface area (Å²) in [6.45, 7) is 1.91. The molecule has 4 heteroatoms. The Labute approximate surface area is 58.7 Å². The number of aromatic nitrogens is 2. The van der Waals surface area contributed by atoms with Crippen molar-refractivity contribution in [2.75, 3.05) is 0 Å². The second-order valence-corrected chi connectivity index (χ2v) is 1.82. The van der Waals surface area contributed by atoms with Gasteiger partial charge in [0, 0.05) is 25.3 Å². The van der Waals surface area contributed by atoms with Crippen molar-refractivity contribution in [3.8, 4) is 6.01 Å². The van der Waals surface area contributed by atoms with Crippen molar-refractivity contribution < 1.29 is 4.18 Å². The predicted octanol–water partition coefficient (Wildman–Crippen LogP) is 1.01. The van der Waals surface area contributed by atoms with Crippen LogP contribution in [-0.4, -0.2) is 9.97 Å². The van der Waals surface area contributed by atoms with Crippen molar-refractivity contribution in [1.29, 1.82) is 0 Å². The standard InChI is InChI=1S/C5H6N2OS/c1-4-2-6-5(8-9)7-3-4/h2-3,9H,1H3. The first-order valence-electron chi connectivity index (χ1n) is 2.43. The molecule has 0 saturated carbocycles. The molecule has 48 valence electrons. The summed E-state index contributed by atoms with van der Waals surface area (Å²) >= 11 is 3.52. The molecule has 0 unspecified atom stereocenters. The van der Waals surface area contributed by atoms with Crippen LogP contribution < -0.4 is 4.18 Å². The van der Waals surface area contributed by atoms with E-state index in [-0.39, 0.29) is 6.01 Å². The quantitative estimate of drug-likeness (QED) is 0.469. The second-order valence-electron chi connectivity index (χ2n) is 1.63. The third kappa shape index (κ3) is 1.57. The molecule has 1 aromatic heterocycles. The molecule has 1 aromatic rings. The van der Waals surface area contributed by atoms with Crippen LogP contribution in [-0.2, 0) is 0 Å². The van der Waals surface area contributed by atoms with Gasteiger partial charge in [-0.05, 0) is 12.5 Å². The Morgan fingerprint density at radius 3 is 2.44 bits per heavy atom. The number of hydrogen-bond acceptors (Lipinski definition) is 4. The molecule has 0 aliphatic heterocycles. The second kappa shape index (κ2) is 2.68. The lowest BCUT2D eigenvalue weighted by Crippen LogP contribution is -1.85. The van der Waals surface area contributed by atoms with E-state index in [2.05, 4.69) is 27.1 Å². The van der Waals surface area contributed by atoms with Gasteiger partial charge in [-0.25, -0.2) is 9.97 Å². The van der Waals surface area contributed by atoms with E-state index in [1.807, 2.05) is 6.92 Å². The van der Waals surface area contributed by atoms with Gasteiger partial charge in [-0.3, -0.25) is 0 Å². The van der Waals surface area contributed by atoms with E-state index >= 15 is 0 Å². The van der Waals surface area contributed by atoms with Crippen LogP contribution in [0.1, 0.15) is 5.56 Å². The zero-order chi connectivity index (χ0) is 6.69. The lowest BCUT2D eigenvalue weighted by molar-refractivity contribution is 0.593. The largest absolute Gasteiger partial charge is 0.392 e. The van der Waals surface area contributed by atoms with Crippen molar-refractivity contribution in [3.05, 3.63) is 18.0 Å². The Hall–Kier alpha value is -0.770. The normalized spacial score (nSPS) is 9.11. The van der Waals surface area contributed by atoms with Crippen LogP contribution >= 0.6 is 12.9 Å². The Morgan fingerprint density at radius 1 is 1.44 bits per heavy atom. The van der Waals surface area contributed by atoms with Crippen LogP contribution in [0.25, 0.3) is 0 Å². The zero-order valence-electron chi connectivity index (χ0n) is 4.90. The van der Waals surface area contributed by atoms with Gasteiger partial charge in [0.1, 0.15) is 0 Å². The summed E-state index contributed by atoms with van der Waals surface area (Å²) in [5, 5.41) is 0. The molecule has 0 saturated heterocycles. The van der Waals surface area contributed by atoms with E-state index in [9.17, 15) is 0 Å². The lowest BCUT2D eigenvalue weighted by Gasteiger charge is -1.92. The van der Waals surface area contributed by atoms with Gasteiger partial charge in [-0.15, -0.1) is 0 Å². The van der Waals surface area contributed by atoms with Gasteiger partial charge in [0.25, 0.3) is 0 Å². The summed E-state index contributed by atoms with van der Waals surface area (Å²) in [6.07, 6.45) is 3.33. The minimum atomic E-state index is 0.281. The van der Waals surface area contributed by atoms with Gasteiger partial charge in [0.05, 0.1) is 0 Å². The third-order valence-electron chi connectivity index (χ3n) is 0.839.